The van der Waals surface area contributed by atoms with Crippen molar-refractivity contribution in [2.24, 2.45) is 0 Å². The van der Waals surface area contributed by atoms with Gasteiger partial charge in [0, 0.05) is 55.3 Å². The normalized spacial score (nSPS) is 13.9. The average Bonchev–Trinajstić information content (AvgIpc) is 2.76. The number of nitrogen functional groups attached to an aromatic ring is 1. The zero-order chi connectivity index (χ0) is 20.2. The standard InChI is InChI=1S/C20H21N7O2/c21-18-10-16(24-12-25-18)14-9-17(20(29)23-11-14)26-19(28)13-1-3-15(4-2-13)27-7-5-22-6-8-27/h1-4,9-12,22H,5-8H2,(H,23,29)(H,26,28)(H2,21,24,25). The Morgan fingerprint density at radius 3 is 2.59 bits per heavy atom. The molecule has 1 aliphatic rings. The van der Waals surface area contributed by atoms with Crippen molar-refractivity contribution in [3.63, 3.8) is 0 Å². The van der Waals surface area contributed by atoms with Crippen LogP contribution in [-0.2, 0) is 0 Å². The van der Waals surface area contributed by atoms with Crippen LogP contribution in [0.15, 0.2) is 53.7 Å². The van der Waals surface area contributed by atoms with Crippen molar-refractivity contribution in [2.45, 2.75) is 0 Å². The highest BCUT2D eigenvalue weighted by atomic mass is 16.2. The third-order valence-electron chi connectivity index (χ3n) is 4.75. The van der Waals surface area contributed by atoms with Crippen LogP contribution in [0.3, 0.4) is 0 Å². The number of hydrogen-bond acceptors (Lipinski definition) is 7. The van der Waals surface area contributed by atoms with Crippen molar-refractivity contribution in [2.75, 3.05) is 42.1 Å². The van der Waals surface area contributed by atoms with Gasteiger partial charge in [0.05, 0.1) is 5.69 Å². The zero-order valence-electron chi connectivity index (χ0n) is 15.7. The minimum Gasteiger partial charge on any atom is -0.384 e. The summed E-state index contributed by atoms with van der Waals surface area (Å²) in [5, 5.41) is 5.98. The molecule has 9 nitrogen and oxygen atoms in total. The third-order valence-corrected chi connectivity index (χ3v) is 4.75. The zero-order valence-corrected chi connectivity index (χ0v) is 15.7. The average molecular weight is 391 g/mol. The number of carbonyl (C=O) groups is 1. The first-order chi connectivity index (χ1) is 14.1. The third kappa shape index (κ3) is 4.25. The van der Waals surface area contributed by atoms with Gasteiger partial charge in [0.15, 0.2) is 0 Å². The molecule has 1 fully saturated rings. The second kappa shape index (κ2) is 8.11. The van der Waals surface area contributed by atoms with E-state index in [1.165, 1.54) is 12.5 Å². The van der Waals surface area contributed by atoms with Crippen LogP contribution in [0, 0.1) is 0 Å². The van der Waals surface area contributed by atoms with Crippen molar-refractivity contribution in [1.29, 1.82) is 0 Å². The molecule has 4 rings (SSSR count). The summed E-state index contributed by atoms with van der Waals surface area (Å²) in [6.45, 7) is 3.75. The number of nitrogens with two attached hydrogens (primary N) is 1. The fraction of sp³-hybridized carbons (Fsp3) is 0.200. The molecule has 0 bridgehead atoms. The molecular formula is C20H21N7O2. The molecule has 0 aliphatic carbocycles. The molecule has 1 aromatic carbocycles. The number of aromatic amines is 1. The minimum absolute atomic E-state index is 0.135. The molecule has 0 spiro atoms. The van der Waals surface area contributed by atoms with Gasteiger partial charge in [0.1, 0.15) is 17.8 Å². The van der Waals surface area contributed by atoms with Gasteiger partial charge in [0.2, 0.25) is 0 Å². The first kappa shape index (κ1) is 18.6. The smallest absolute Gasteiger partial charge is 0.271 e. The lowest BCUT2D eigenvalue weighted by Gasteiger charge is -2.29. The molecule has 0 atom stereocenters. The van der Waals surface area contributed by atoms with Gasteiger partial charge in [-0.25, -0.2) is 9.97 Å². The van der Waals surface area contributed by atoms with Gasteiger partial charge in [-0.15, -0.1) is 0 Å². The van der Waals surface area contributed by atoms with E-state index in [0.29, 0.717) is 22.6 Å². The lowest BCUT2D eigenvalue weighted by Crippen LogP contribution is -2.43. The molecule has 3 aromatic rings. The Balaban J connectivity index is 1.52. The quantitative estimate of drug-likeness (QED) is 0.524. The van der Waals surface area contributed by atoms with Gasteiger partial charge in [-0.05, 0) is 30.3 Å². The highest BCUT2D eigenvalue weighted by Crippen LogP contribution is 2.20. The SMILES string of the molecule is Nc1cc(-c2c[nH]c(=O)c(NC(=O)c3ccc(N4CCNCC4)cc3)c2)ncn1. The number of pyridine rings is 1. The van der Waals surface area contributed by atoms with E-state index in [-0.39, 0.29) is 11.6 Å². The van der Waals surface area contributed by atoms with Crippen molar-refractivity contribution in [3.8, 4) is 11.3 Å². The summed E-state index contributed by atoms with van der Waals surface area (Å²) in [4.78, 5) is 37.6. The molecule has 1 amide bonds. The maximum Gasteiger partial charge on any atom is 0.271 e. The van der Waals surface area contributed by atoms with Crippen molar-refractivity contribution >= 4 is 23.1 Å². The van der Waals surface area contributed by atoms with Crippen LogP contribution < -0.4 is 26.8 Å². The topological polar surface area (TPSA) is 129 Å². The van der Waals surface area contributed by atoms with Crippen molar-refractivity contribution < 1.29 is 4.79 Å². The number of nitrogens with zero attached hydrogens (tertiary/aromatic N) is 3. The number of amides is 1. The number of hydrogen-bond donors (Lipinski definition) is 4. The van der Waals surface area contributed by atoms with E-state index in [4.69, 9.17) is 5.73 Å². The predicted molar refractivity (Wildman–Crippen MR) is 112 cm³/mol. The molecule has 0 saturated carbocycles. The minimum atomic E-state index is -0.401. The lowest BCUT2D eigenvalue weighted by molar-refractivity contribution is 0.102. The van der Waals surface area contributed by atoms with E-state index in [2.05, 4.69) is 30.5 Å². The van der Waals surface area contributed by atoms with E-state index in [1.54, 1.807) is 24.3 Å². The summed E-state index contributed by atoms with van der Waals surface area (Å²) in [5.74, 6) is -0.0434. The maximum atomic E-state index is 12.6. The lowest BCUT2D eigenvalue weighted by atomic mass is 10.1. The summed E-state index contributed by atoms with van der Waals surface area (Å²) >= 11 is 0. The Morgan fingerprint density at radius 2 is 1.86 bits per heavy atom. The van der Waals surface area contributed by atoms with Crippen LogP contribution >= 0.6 is 0 Å². The number of nitrogens with one attached hydrogen (secondary N) is 3. The van der Waals surface area contributed by atoms with Gasteiger partial charge in [-0.3, -0.25) is 9.59 Å². The maximum absolute atomic E-state index is 12.6. The highest BCUT2D eigenvalue weighted by Gasteiger charge is 2.13. The fourth-order valence-corrected chi connectivity index (χ4v) is 3.20. The molecule has 3 heterocycles. The molecule has 2 aromatic heterocycles. The van der Waals surface area contributed by atoms with Gasteiger partial charge in [-0.1, -0.05) is 0 Å². The number of rotatable bonds is 4. The van der Waals surface area contributed by atoms with Crippen LogP contribution in [0.1, 0.15) is 10.4 Å². The molecule has 1 aliphatic heterocycles. The van der Waals surface area contributed by atoms with Crippen molar-refractivity contribution in [1.82, 2.24) is 20.3 Å². The van der Waals surface area contributed by atoms with E-state index < -0.39 is 5.56 Å². The van der Waals surface area contributed by atoms with E-state index in [1.807, 2.05) is 12.1 Å². The van der Waals surface area contributed by atoms with Crippen molar-refractivity contribution in [3.05, 3.63) is 64.8 Å². The highest BCUT2D eigenvalue weighted by molar-refractivity contribution is 6.04. The predicted octanol–water partition coefficient (Wildman–Crippen LogP) is 1.08. The van der Waals surface area contributed by atoms with Gasteiger partial charge in [-0.2, -0.15) is 0 Å². The summed E-state index contributed by atoms with van der Waals surface area (Å²) in [6, 6.07) is 10.5. The molecule has 29 heavy (non-hydrogen) atoms. The summed E-state index contributed by atoms with van der Waals surface area (Å²) in [5.41, 5.74) is 8.13. The van der Waals surface area contributed by atoms with Crippen LogP contribution in [-0.4, -0.2) is 47.0 Å². The Hall–Kier alpha value is -3.72. The summed E-state index contributed by atoms with van der Waals surface area (Å²) in [7, 11) is 0. The van der Waals surface area contributed by atoms with Crippen LogP contribution in [0.5, 0.6) is 0 Å². The number of benzene rings is 1. The Bertz CT molecular complexity index is 1070. The molecular weight excluding hydrogens is 370 g/mol. The van der Waals surface area contributed by atoms with E-state index in [9.17, 15) is 9.59 Å². The molecule has 5 N–H and O–H groups in total. The molecule has 0 radical (unpaired) electrons. The van der Waals surface area contributed by atoms with Gasteiger partial charge < -0.3 is 26.3 Å². The molecule has 1 saturated heterocycles. The number of carbonyl (C=O) groups excluding carboxylic acids is 1. The summed E-state index contributed by atoms with van der Waals surface area (Å²) < 4.78 is 0. The molecule has 0 unspecified atom stereocenters. The largest absolute Gasteiger partial charge is 0.384 e. The second-order valence-corrected chi connectivity index (χ2v) is 6.70. The number of anilines is 3. The Kier molecular flexibility index (Phi) is 5.21. The molecule has 9 heteroatoms. The van der Waals surface area contributed by atoms with E-state index in [0.717, 1.165) is 31.9 Å². The second-order valence-electron chi connectivity index (χ2n) is 6.70. The molecule has 148 valence electrons. The van der Waals surface area contributed by atoms with Crippen LogP contribution in [0.25, 0.3) is 11.3 Å². The Morgan fingerprint density at radius 1 is 1.10 bits per heavy atom. The number of aromatic nitrogens is 3. The Labute approximate surface area is 167 Å². The number of piperazine rings is 1. The van der Waals surface area contributed by atoms with Crippen LogP contribution in [0.4, 0.5) is 17.2 Å². The van der Waals surface area contributed by atoms with Gasteiger partial charge in [0.25, 0.3) is 11.5 Å². The first-order valence-corrected chi connectivity index (χ1v) is 9.28. The van der Waals surface area contributed by atoms with Crippen LogP contribution in [0.2, 0.25) is 0 Å². The summed E-state index contributed by atoms with van der Waals surface area (Å²) in [6.07, 6.45) is 2.86. The van der Waals surface area contributed by atoms with E-state index >= 15 is 0 Å². The fourth-order valence-electron chi connectivity index (χ4n) is 3.20. The van der Waals surface area contributed by atoms with Gasteiger partial charge >= 0.3 is 0 Å². The number of H-pyrrole nitrogens is 1. The first-order valence-electron chi connectivity index (χ1n) is 9.28. The monoisotopic (exact) mass is 391 g/mol.